The Morgan fingerprint density at radius 1 is 0.310 bits per heavy atom. The molecule has 0 bridgehead atoms. The van der Waals surface area contributed by atoms with Gasteiger partial charge in [-0.1, -0.05) is 84.0 Å². The fourth-order valence-corrected chi connectivity index (χ4v) is 7.19. The van der Waals surface area contributed by atoms with Gasteiger partial charge >= 0.3 is 106 Å². The molecule has 29 heavy (non-hydrogen) atoms. The van der Waals surface area contributed by atoms with E-state index in [1.54, 1.807) is 5.25 Å². The number of unbranched alkanes of at least 4 members (excludes halogenated alkanes) is 22. The van der Waals surface area contributed by atoms with Crippen LogP contribution in [0, 0.1) is 0 Å². The molecule has 0 fully saturated rings. The van der Waals surface area contributed by atoms with Gasteiger partial charge in [0.2, 0.25) is 0 Å². The molecule has 0 N–H and O–H groups in total. The van der Waals surface area contributed by atoms with Crippen molar-refractivity contribution >= 4 is 13.3 Å². The van der Waals surface area contributed by atoms with E-state index in [2.05, 4.69) is 24.2 Å². The molecule has 0 saturated heterocycles. The molecule has 0 amide bonds. The fraction of sp³-hybridized carbons (Fsp3) is 1.00. The van der Waals surface area contributed by atoms with E-state index in [1.165, 1.54) is 148 Å². The van der Waals surface area contributed by atoms with Crippen LogP contribution in [0.1, 0.15) is 155 Å². The van der Waals surface area contributed by atoms with Gasteiger partial charge in [0.25, 0.3) is 0 Å². The molecule has 0 unspecified atom stereocenters. The molecule has 0 atom stereocenters. The second-order valence-corrected chi connectivity index (χ2v) is 22.9. The van der Waals surface area contributed by atoms with Crippen LogP contribution >= 0.6 is 0 Å². The van der Waals surface area contributed by atoms with E-state index in [-0.39, 0.29) is 0 Å². The zero-order chi connectivity index (χ0) is 21.5. The van der Waals surface area contributed by atoms with Gasteiger partial charge in [-0.25, -0.2) is 0 Å². The normalized spacial score (nSPS) is 12.0. The molecule has 1 heteroatoms. The SMILES string of the molecule is CCCCCCCCCCCCCCCCCCCCCCCC[CH2][Ge]([CH3])([CH3])[CH3]. The van der Waals surface area contributed by atoms with Gasteiger partial charge in [-0.3, -0.25) is 0 Å². The van der Waals surface area contributed by atoms with Crippen LogP contribution in [-0.2, 0) is 0 Å². The Kier molecular flexibility index (Phi) is 23.6. The summed E-state index contributed by atoms with van der Waals surface area (Å²) < 4.78 is 0. The molecule has 0 rings (SSSR count). The summed E-state index contributed by atoms with van der Waals surface area (Å²) in [7, 11) is 0. The molecule has 0 nitrogen and oxygen atoms in total. The van der Waals surface area contributed by atoms with Crippen LogP contribution in [0.3, 0.4) is 0 Å². The average Bonchev–Trinajstić information content (AvgIpc) is 2.67. The summed E-state index contributed by atoms with van der Waals surface area (Å²) in [6.45, 7) is 2.31. The first-order chi connectivity index (χ1) is 14.1. The van der Waals surface area contributed by atoms with Gasteiger partial charge < -0.3 is 0 Å². The molecule has 0 heterocycles. The molecule has 0 aromatic rings. The van der Waals surface area contributed by atoms with Crippen molar-refractivity contribution in [1.82, 2.24) is 0 Å². The van der Waals surface area contributed by atoms with Gasteiger partial charge in [0.05, 0.1) is 0 Å². The Balaban J connectivity index is 3.02. The van der Waals surface area contributed by atoms with Crippen LogP contribution in [0.15, 0.2) is 0 Å². The summed E-state index contributed by atoms with van der Waals surface area (Å²) in [5.41, 5.74) is 0. The average molecular weight is 469 g/mol. The Hall–Kier alpha value is 0.543. The summed E-state index contributed by atoms with van der Waals surface area (Å²) in [5, 5.41) is 1.58. The Morgan fingerprint density at radius 3 is 0.724 bits per heavy atom. The van der Waals surface area contributed by atoms with Crippen LogP contribution in [0.4, 0.5) is 0 Å². The molecule has 0 aromatic carbocycles. The van der Waals surface area contributed by atoms with Gasteiger partial charge in [-0.15, -0.1) is 0 Å². The summed E-state index contributed by atoms with van der Waals surface area (Å²) in [6, 6.07) is 0. The fourth-order valence-electron chi connectivity index (χ4n) is 4.44. The third-order valence-corrected chi connectivity index (χ3v) is 10.4. The molecule has 0 aliphatic rings. The van der Waals surface area contributed by atoms with Gasteiger partial charge in [-0.05, 0) is 0 Å². The molecule has 0 aromatic heterocycles. The summed E-state index contributed by atoms with van der Waals surface area (Å²) in [6.07, 6.45) is 34.2. The van der Waals surface area contributed by atoms with Crippen LogP contribution in [0.5, 0.6) is 0 Å². The minimum absolute atomic E-state index is 1.23. The van der Waals surface area contributed by atoms with Crippen LogP contribution in [0.2, 0.25) is 22.5 Å². The second-order valence-electron chi connectivity index (χ2n) is 11.1. The summed E-state index contributed by atoms with van der Waals surface area (Å²) >= 11 is -1.23. The topological polar surface area (TPSA) is 0 Å². The van der Waals surface area contributed by atoms with Crippen molar-refractivity contribution in [2.45, 2.75) is 177 Å². The Labute approximate surface area is 190 Å². The molecule has 0 aliphatic carbocycles. The standard InChI is InChI=1S/C28H60Ge/c1-5-6-7-8-9-10-11-12-13-14-15-16-17-18-19-20-21-22-23-24-25-26-27-28-29(2,3)4/h5-28H2,1-4H3. The first-order valence-electron chi connectivity index (χ1n) is 14.1. The van der Waals surface area contributed by atoms with Gasteiger partial charge in [0.15, 0.2) is 0 Å². The quantitative estimate of drug-likeness (QED) is 0.0974. The summed E-state index contributed by atoms with van der Waals surface area (Å²) in [5.74, 6) is 7.66. The maximum absolute atomic E-state index is 2.55. The van der Waals surface area contributed by atoms with Crippen molar-refractivity contribution < 1.29 is 0 Å². The molecular weight excluding hydrogens is 409 g/mol. The molecule has 0 saturated carbocycles. The van der Waals surface area contributed by atoms with E-state index in [0.717, 1.165) is 0 Å². The maximum atomic E-state index is 2.55. The molecule has 176 valence electrons. The predicted octanol–water partition coefficient (Wildman–Crippen LogP) is 11.3. The van der Waals surface area contributed by atoms with Crippen LogP contribution < -0.4 is 0 Å². The minimum atomic E-state index is -1.23. The van der Waals surface area contributed by atoms with Crippen molar-refractivity contribution in [2.75, 3.05) is 0 Å². The van der Waals surface area contributed by atoms with Gasteiger partial charge in [0.1, 0.15) is 0 Å². The second kappa shape index (κ2) is 23.2. The van der Waals surface area contributed by atoms with E-state index in [9.17, 15) is 0 Å². The van der Waals surface area contributed by atoms with Crippen LogP contribution in [0.25, 0.3) is 0 Å². The molecular formula is C28H60Ge. The Bertz CT molecular complexity index is 291. The first-order valence-corrected chi connectivity index (χ1v) is 21.8. The molecule has 0 radical (unpaired) electrons. The van der Waals surface area contributed by atoms with Crippen LogP contribution in [-0.4, -0.2) is 13.3 Å². The number of hydrogen-bond acceptors (Lipinski definition) is 0. The van der Waals surface area contributed by atoms with Crippen molar-refractivity contribution in [3.63, 3.8) is 0 Å². The van der Waals surface area contributed by atoms with Gasteiger partial charge in [0, 0.05) is 0 Å². The zero-order valence-electron chi connectivity index (χ0n) is 21.5. The number of hydrogen-bond donors (Lipinski definition) is 0. The van der Waals surface area contributed by atoms with Gasteiger partial charge in [-0.2, -0.15) is 0 Å². The summed E-state index contributed by atoms with van der Waals surface area (Å²) in [4.78, 5) is 0. The molecule has 0 spiro atoms. The number of rotatable bonds is 24. The third-order valence-electron chi connectivity index (χ3n) is 6.53. The van der Waals surface area contributed by atoms with Crippen molar-refractivity contribution in [3.8, 4) is 0 Å². The van der Waals surface area contributed by atoms with E-state index < -0.39 is 13.3 Å². The predicted molar refractivity (Wildman–Crippen MR) is 140 cm³/mol. The van der Waals surface area contributed by atoms with E-state index >= 15 is 0 Å². The Morgan fingerprint density at radius 2 is 0.517 bits per heavy atom. The van der Waals surface area contributed by atoms with E-state index in [0.29, 0.717) is 0 Å². The third kappa shape index (κ3) is 28.5. The van der Waals surface area contributed by atoms with E-state index in [1.807, 2.05) is 0 Å². The van der Waals surface area contributed by atoms with E-state index in [4.69, 9.17) is 0 Å². The van der Waals surface area contributed by atoms with Crippen molar-refractivity contribution in [1.29, 1.82) is 0 Å². The molecule has 0 aliphatic heterocycles. The first kappa shape index (κ1) is 29.5. The van der Waals surface area contributed by atoms with Crippen molar-refractivity contribution in [2.24, 2.45) is 0 Å². The zero-order valence-corrected chi connectivity index (χ0v) is 23.6. The monoisotopic (exact) mass is 470 g/mol. The van der Waals surface area contributed by atoms with Crippen molar-refractivity contribution in [3.05, 3.63) is 0 Å².